The Morgan fingerprint density at radius 1 is 1.45 bits per heavy atom. The molecule has 2 heterocycles. The molecule has 0 spiro atoms. The Labute approximate surface area is 116 Å². The Bertz CT molecular complexity index is 690. The molecule has 0 aliphatic carbocycles. The molecule has 0 saturated heterocycles. The van der Waals surface area contributed by atoms with E-state index in [1.54, 1.807) is 7.11 Å². The van der Waals surface area contributed by atoms with E-state index in [1.807, 2.05) is 26.0 Å². The molecule has 5 heteroatoms. The third-order valence-electron chi connectivity index (χ3n) is 4.05. The van der Waals surface area contributed by atoms with Crippen LogP contribution in [0.2, 0.25) is 0 Å². The second kappa shape index (κ2) is 4.52. The van der Waals surface area contributed by atoms with Crippen LogP contribution in [-0.4, -0.2) is 29.2 Å². The maximum absolute atomic E-state index is 11.3. The number of methoxy groups -OCH3 is 1. The van der Waals surface area contributed by atoms with E-state index in [0.717, 1.165) is 33.5 Å². The van der Waals surface area contributed by atoms with Crippen molar-refractivity contribution in [1.82, 2.24) is 10.3 Å². The zero-order valence-electron chi connectivity index (χ0n) is 11.8. The van der Waals surface area contributed by atoms with Gasteiger partial charge < -0.3 is 14.8 Å². The number of ether oxygens (including phenoxy) is 1. The van der Waals surface area contributed by atoms with Crippen LogP contribution in [0.15, 0.2) is 12.1 Å². The first-order valence-corrected chi connectivity index (χ1v) is 6.69. The summed E-state index contributed by atoms with van der Waals surface area (Å²) in [6.45, 7) is 4.01. The van der Waals surface area contributed by atoms with Crippen LogP contribution in [0, 0.1) is 6.92 Å². The summed E-state index contributed by atoms with van der Waals surface area (Å²) < 4.78 is 5.32. The van der Waals surface area contributed by atoms with Crippen molar-refractivity contribution >= 4 is 16.9 Å². The summed E-state index contributed by atoms with van der Waals surface area (Å²) in [5.41, 5.74) is 4.33. The maximum Gasteiger partial charge on any atom is 0.321 e. The number of hydrogen-bond acceptors (Lipinski definition) is 3. The fourth-order valence-electron chi connectivity index (χ4n) is 3.03. The first kappa shape index (κ1) is 13.0. The highest BCUT2D eigenvalue weighted by Gasteiger charge is 2.31. The quantitative estimate of drug-likeness (QED) is 0.784. The minimum Gasteiger partial charge on any atom is -0.497 e. The van der Waals surface area contributed by atoms with Crippen molar-refractivity contribution in [2.45, 2.75) is 32.4 Å². The predicted octanol–water partition coefficient (Wildman–Crippen LogP) is 2.14. The summed E-state index contributed by atoms with van der Waals surface area (Å²) in [6, 6.07) is 3.42. The number of aryl methyl sites for hydroxylation is 1. The van der Waals surface area contributed by atoms with Gasteiger partial charge in [-0.3, -0.25) is 10.1 Å². The van der Waals surface area contributed by atoms with Crippen molar-refractivity contribution in [1.29, 1.82) is 0 Å². The zero-order chi connectivity index (χ0) is 14.4. The molecule has 1 aromatic carbocycles. The lowest BCUT2D eigenvalue weighted by Crippen LogP contribution is -2.43. The van der Waals surface area contributed by atoms with Crippen molar-refractivity contribution in [2.24, 2.45) is 0 Å². The number of hydrogen-bond donors (Lipinski definition) is 3. The summed E-state index contributed by atoms with van der Waals surface area (Å²) in [6.07, 6.45) is 0.488. The molecule has 106 valence electrons. The first-order chi connectivity index (χ1) is 9.51. The van der Waals surface area contributed by atoms with Crippen LogP contribution in [0.1, 0.15) is 29.8 Å². The van der Waals surface area contributed by atoms with Crippen LogP contribution >= 0.6 is 0 Å². The number of carboxylic acids is 1. The number of aliphatic carboxylic acids is 1. The third-order valence-corrected chi connectivity index (χ3v) is 4.05. The van der Waals surface area contributed by atoms with Gasteiger partial charge in [0.25, 0.3) is 0 Å². The van der Waals surface area contributed by atoms with Gasteiger partial charge in [0, 0.05) is 29.1 Å². The minimum atomic E-state index is -0.809. The van der Waals surface area contributed by atoms with Crippen LogP contribution < -0.4 is 10.1 Å². The number of aromatic amines is 1. The zero-order valence-corrected chi connectivity index (χ0v) is 11.8. The first-order valence-electron chi connectivity index (χ1n) is 6.69. The monoisotopic (exact) mass is 274 g/mol. The van der Waals surface area contributed by atoms with Crippen molar-refractivity contribution in [3.63, 3.8) is 0 Å². The summed E-state index contributed by atoms with van der Waals surface area (Å²) in [4.78, 5) is 14.7. The minimum absolute atomic E-state index is 0.00218. The SMILES string of the molecule is COc1cc(C)c2[nH]c3c(c2c1)CC(C(=O)O)NC3C. The van der Waals surface area contributed by atoms with Crippen molar-refractivity contribution in [3.05, 3.63) is 29.0 Å². The average Bonchev–Trinajstić information content (AvgIpc) is 2.78. The third kappa shape index (κ3) is 1.86. The highest BCUT2D eigenvalue weighted by atomic mass is 16.5. The predicted molar refractivity (Wildman–Crippen MR) is 76.3 cm³/mol. The van der Waals surface area contributed by atoms with Gasteiger partial charge in [-0.15, -0.1) is 0 Å². The summed E-state index contributed by atoms with van der Waals surface area (Å²) in [5.74, 6) is -0.00803. The molecule has 1 aliphatic heterocycles. The normalized spacial score (nSPS) is 21.8. The number of H-pyrrole nitrogens is 1. The summed E-state index contributed by atoms with van der Waals surface area (Å²) >= 11 is 0. The van der Waals surface area contributed by atoms with Gasteiger partial charge in [0.1, 0.15) is 11.8 Å². The van der Waals surface area contributed by atoms with Crippen molar-refractivity contribution in [3.8, 4) is 5.75 Å². The largest absolute Gasteiger partial charge is 0.497 e. The maximum atomic E-state index is 11.3. The molecule has 2 unspecified atom stereocenters. The fraction of sp³-hybridized carbons (Fsp3) is 0.400. The molecule has 20 heavy (non-hydrogen) atoms. The van der Waals surface area contributed by atoms with Gasteiger partial charge in [0.05, 0.1) is 7.11 Å². The highest BCUT2D eigenvalue weighted by Crippen LogP contribution is 2.35. The van der Waals surface area contributed by atoms with Gasteiger partial charge in [0.15, 0.2) is 0 Å². The Kier molecular flexibility index (Phi) is 2.94. The molecule has 3 N–H and O–H groups in total. The molecule has 0 saturated carbocycles. The second-order valence-electron chi connectivity index (χ2n) is 5.37. The molecule has 0 amide bonds. The molecule has 0 fully saturated rings. The molecule has 2 atom stereocenters. The average molecular weight is 274 g/mol. The highest BCUT2D eigenvalue weighted by molar-refractivity contribution is 5.90. The Balaban J connectivity index is 2.21. The van der Waals surface area contributed by atoms with Crippen LogP contribution in [0.3, 0.4) is 0 Å². The van der Waals surface area contributed by atoms with Crippen LogP contribution in [0.25, 0.3) is 10.9 Å². The van der Waals surface area contributed by atoms with E-state index in [0.29, 0.717) is 6.42 Å². The molecule has 1 aliphatic rings. The molecular formula is C15H18N2O3. The number of nitrogens with one attached hydrogen (secondary N) is 2. The molecular weight excluding hydrogens is 256 g/mol. The van der Waals surface area contributed by atoms with Crippen LogP contribution in [0.4, 0.5) is 0 Å². The second-order valence-corrected chi connectivity index (χ2v) is 5.37. The van der Waals surface area contributed by atoms with E-state index >= 15 is 0 Å². The Morgan fingerprint density at radius 3 is 2.85 bits per heavy atom. The van der Waals surface area contributed by atoms with E-state index in [4.69, 9.17) is 4.74 Å². The van der Waals surface area contributed by atoms with Crippen LogP contribution in [0.5, 0.6) is 5.75 Å². The van der Waals surface area contributed by atoms with Gasteiger partial charge in [0.2, 0.25) is 0 Å². The molecule has 0 radical (unpaired) electrons. The fourth-order valence-corrected chi connectivity index (χ4v) is 3.03. The molecule has 5 nitrogen and oxygen atoms in total. The van der Waals surface area contributed by atoms with E-state index in [2.05, 4.69) is 10.3 Å². The van der Waals surface area contributed by atoms with Crippen molar-refractivity contribution < 1.29 is 14.6 Å². The number of carbonyl (C=O) groups is 1. The van der Waals surface area contributed by atoms with E-state index in [1.165, 1.54) is 0 Å². The molecule has 3 rings (SSSR count). The van der Waals surface area contributed by atoms with Gasteiger partial charge in [-0.2, -0.15) is 0 Å². The van der Waals surface area contributed by atoms with Gasteiger partial charge in [-0.25, -0.2) is 0 Å². The molecule has 1 aromatic heterocycles. The lowest BCUT2D eigenvalue weighted by Gasteiger charge is -2.26. The smallest absolute Gasteiger partial charge is 0.321 e. The number of carboxylic acid groups (broad SMARTS) is 1. The topological polar surface area (TPSA) is 74.4 Å². The van der Waals surface area contributed by atoms with Gasteiger partial charge in [-0.05, 0) is 37.1 Å². The Morgan fingerprint density at radius 2 is 2.20 bits per heavy atom. The number of benzene rings is 1. The number of rotatable bonds is 2. The van der Waals surface area contributed by atoms with Gasteiger partial charge >= 0.3 is 5.97 Å². The number of aromatic nitrogens is 1. The molecule has 0 bridgehead atoms. The lowest BCUT2D eigenvalue weighted by atomic mass is 9.94. The van der Waals surface area contributed by atoms with E-state index in [-0.39, 0.29) is 6.04 Å². The summed E-state index contributed by atoms with van der Waals surface area (Å²) in [5, 5.41) is 13.4. The van der Waals surface area contributed by atoms with E-state index < -0.39 is 12.0 Å². The summed E-state index contributed by atoms with van der Waals surface area (Å²) in [7, 11) is 1.64. The van der Waals surface area contributed by atoms with E-state index in [9.17, 15) is 9.90 Å². The lowest BCUT2D eigenvalue weighted by molar-refractivity contribution is -0.139. The van der Waals surface area contributed by atoms with Crippen molar-refractivity contribution in [2.75, 3.05) is 7.11 Å². The Hall–Kier alpha value is -2.01. The van der Waals surface area contributed by atoms with Crippen LogP contribution in [-0.2, 0) is 11.2 Å². The number of fused-ring (bicyclic) bond motifs is 3. The van der Waals surface area contributed by atoms with Gasteiger partial charge in [-0.1, -0.05) is 0 Å². The molecule has 2 aromatic rings. The standard InChI is InChI=1S/C15H18N2O3/c1-7-4-9(20-3)5-10-11-6-12(15(18)19)16-8(2)14(11)17-13(7)10/h4-5,8,12,16-17H,6H2,1-3H3,(H,18,19).